The summed E-state index contributed by atoms with van der Waals surface area (Å²) < 4.78 is 25.4. The first kappa shape index (κ1) is 14.6. The van der Waals surface area contributed by atoms with Crippen molar-refractivity contribution in [1.82, 2.24) is 9.19 Å². The van der Waals surface area contributed by atoms with Gasteiger partial charge in [0.25, 0.3) is 10.0 Å². The molecule has 0 atom stereocenters. The molecule has 10 heteroatoms. The molecule has 1 amide bonds. The minimum Gasteiger partial charge on any atom is -0.399 e. The predicted octanol–water partition coefficient (Wildman–Crippen LogP) is 1.45. The molecule has 0 spiro atoms. The standard InChI is InChI=1S/C10H10N4O3S3/c1-6(15)12-9-13-14(10(18)19-9)20(16,17)8-4-2-7(11)3-5-8/h2-5H,11H2,1H3,(H,12,13,15). The highest BCUT2D eigenvalue weighted by molar-refractivity contribution is 7.90. The summed E-state index contributed by atoms with van der Waals surface area (Å²) in [6.45, 7) is 1.29. The first-order valence-corrected chi connectivity index (χ1v) is 7.96. The minimum atomic E-state index is -3.90. The van der Waals surface area contributed by atoms with Crippen LogP contribution in [0.5, 0.6) is 0 Å². The van der Waals surface area contributed by atoms with Gasteiger partial charge in [-0.05, 0) is 36.5 Å². The number of nitrogens with one attached hydrogen (secondary N) is 1. The molecule has 106 valence electrons. The van der Waals surface area contributed by atoms with Gasteiger partial charge in [0.15, 0.2) is 3.95 Å². The van der Waals surface area contributed by atoms with Crippen LogP contribution in [0.15, 0.2) is 29.2 Å². The van der Waals surface area contributed by atoms with Crippen molar-refractivity contribution in [2.75, 3.05) is 11.1 Å². The highest BCUT2D eigenvalue weighted by Gasteiger charge is 2.21. The number of anilines is 2. The van der Waals surface area contributed by atoms with Gasteiger partial charge in [-0.2, -0.15) is 8.42 Å². The van der Waals surface area contributed by atoms with Gasteiger partial charge >= 0.3 is 0 Å². The van der Waals surface area contributed by atoms with Crippen molar-refractivity contribution in [2.24, 2.45) is 0 Å². The van der Waals surface area contributed by atoms with Gasteiger partial charge in [0, 0.05) is 12.6 Å². The summed E-state index contributed by atoms with van der Waals surface area (Å²) in [4.78, 5) is 11.0. The molecule has 0 bridgehead atoms. The summed E-state index contributed by atoms with van der Waals surface area (Å²) in [6, 6.07) is 5.67. The fourth-order valence-electron chi connectivity index (χ4n) is 1.36. The molecule has 7 nitrogen and oxygen atoms in total. The summed E-state index contributed by atoms with van der Waals surface area (Å²) in [5, 5.41) is 6.32. The summed E-state index contributed by atoms with van der Waals surface area (Å²) in [7, 11) is -3.90. The molecule has 1 aromatic heterocycles. The number of benzene rings is 1. The molecule has 1 aromatic carbocycles. The van der Waals surface area contributed by atoms with Crippen LogP contribution in [-0.4, -0.2) is 23.5 Å². The van der Waals surface area contributed by atoms with Gasteiger partial charge in [-0.15, -0.1) is 9.19 Å². The Bertz CT molecular complexity index is 805. The first-order valence-electron chi connectivity index (χ1n) is 5.29. The fraction of sp³-hybridized carbons (Fsp3) is 0.100. The number of amides is 1. The summed E-state index contributed by atoms with van der Waals surface area (Å²) in [6.07, 6.45) is 0. The zero-order valence-corrected chi connectivity index (χ0v) is 12.7. The van der Waals surface area contributed by atoms with Crippen molar-refractivity contribution in [1.29, 1.82) is 0 Å². The zero-order valence-electron chi connectivity index (χ0n) is 10.2. The molecule has 20 heavy (non-hydrogen) atoms. The molecule has 0 saturated heterocycles. The van der Waals surface area contributed by atoms with Crippen molar-refractivity contribution >= 4 is 50.3 Å². The van der Waals surface area contributed by atoms with Crippen LogP contribution in [0, 0.1) is 3.95 Å². The third-order valence-electron chi connectivity index (χ3n) is 2.21. The van der Waals surface area contributed by atoms with Crippen LogP contribution in [0.1, 0.15) is 6.92 Å². The van der Waals surface area contributed by atoms with Crippen LogP contribution in [0.3, 0.4) is 0 Å². The number of aromatic nitrogens is 2. The van der Waals surface area contributed by atoms with E-state index in [0.717, 1.165) is 11.3 Å². The lowest BCUT2D eigenvalue weighted by molar-refractivity contribution is -0.114. The van der Waals surface area contributed by atoms with Gasteiger partial charge in [0.1, 0.15) is 0 Å². The van der Waals surface area contributed by atoms with E-state index in [1.165, 1.54) is 31.2 Å². The van der Waals surface area contributed by atoms with Crippen LogP contribution in [-0.2, 0) is 14.8 Å². The zero-order chi connectivity index (χ0) is 14.9. The van der Waals surface area contributed by atoms with E-state index in [0.29, 0.717) is 9.77 Å². The molecule has 0 aliphatic heterocycles. The Labute approximate surface area is 124 Å². The maximum absolute atomic E-state index is 12.4. The SMILES string of the molecule is CC(=O)Nc1nn(S(=O)(=O)c2ccc(N)cc2)c(=S)s1. The van der Waals surface area contributed by atoms with E-state index in [-0.39, 0.29) is 19.9 Å². The first-order chi connectivity index (χ1) is 9.30. The van der Waals surface area contributed by atoms with E-state index in [1.54, 1.807) is 0 Å². The highest BCUT2D eigenvalue weighted by atomic mass is 32.2. The number of carbonyl (C=O) groups excluding carboxylic acids is 1. The topological polar surface area (TPSA) is 107 Å². The van der Waals surface area contributed by atoms with Crippen LogP contribution in [0.25, 0.3) is 0 Å². The van der Waals surface area contributed by atoms with Gasteiger partial charge in [0.2, 0.25) is 11.0 Å². The Hall–Kier alpha value is -1.78. The van der Waals surface area contributed by atoms with Crippen LogP contribution in [0.2, 0.25) is 0 Å². The molecule has 0 aliphatic rings. The number of rotatable bonds is 3. The Balaban J connectivity index is 2.49. The molecule has 2 aromatic rings. The Kier molecular flexibility index (Phi) is 3.88. The maximum atomic E-state index is 12.4. The van der Waals surface area contributed by atoms with Crippen molar-refractivity contribution in [3.8, 4) is 0 Å². The smallest absolute Gasteiger partial charge is 0.285 e. The molecule has 0 saturated carbocycles. The Morgan fingerprint density at radius 2 is 2.00 bits per heavy atom. The second-order valence-electron chi connectivity index (χ2n) is 3.77. The Morgan fingerprint density at radius 1 is 1.40 bits per heavy atom. The van der Waals surface area contributed by atoms with E-state index in [1.807, 2.05) is 0 Å². The third-order valence-corrected chi connectivity index (χ3v) is 5.18. The number of carbonyl (C=O) groups is 1. The lowest BCUT2D eigenvalue weighted by Crippen LogP contribution is -2.15. The molecular formula is C10H10N4O3S3. The molecular weight excluding hydrogens is 320 g/mol. The molecule has 0 radical (unpaired) electrons. The fourth-order valence-corrected chi connectivity index (χ4v) is 4.05. The van der Waals surface area contributed by atoms with E-state index in [9.17, 15) is 13.2 Å². The van der Waals surface area contributed by atoms with Crippen molar-refractivity contribution in [3.05, 3.63) is 28.2 Å². The van der Waals surface area contributed by atoms with Crippen LogP contribution in [0.4, 0.5) is 10.8 Å². The minimum absolute atomic E-state index is 0.0162. The summed E-state index contributed by atoms with van der Waals surface area (Å²) >= 11 is 5.86. The molecule has 0 fully saturated rings. The van der Waals surface area contributed by atoms with Crippen molar-refractivity contribution in [2.45, 2.75) is 11.8 Å². The van der Waals surface area contributed by atoms with Crippen LogP contribution >= 0.6 is 23.6 Å². The largest absolute Gasteiger partial charge is 0.399 e. The number of nitrogens with zero attached hydrogens (tertiary/aromatic N) is 2. The number of hydrogen-bond acceptors (Lipinski definition) is 7. The van der Waals surface area contributed by atoms with Crippen LogP contribution < -0.4 is 11.1 Å². The molecule has 3 N–H and O–H groups in total. The molecule has 0 unspecified atom stereocenters. The lowest BCUT2D eigenvalue weighted by Gasteiger charge is -2.03. The number of hydrogen-bond donors (Lipinski definition) is 2. The van der Waals surface area contributed by atoms with Gasteiger partial charge in [-0.25, -0.2) is 0 Å². The van der Waals surface area contributed by atoms with Gasteiger partial charge in [0.05, 0.1) is 4.90 Å². The van der Waals surface area contributed by atoms with E-state index in [4.69, 9.17) is 18.0 Å². The quantitative estimate of drug-likeness (QED) is 0.651. The van der Waals surface area contributed by atoms with Gasteiger partial charge in [-0.3, -0.25) is 4.79 Å². The van der Waals surface area contributed by atoms with Gasteiger partial charge in [-0.1, -0.05) is 11.3 Å². The normalized spacial score (nSPS) is 11.2. The molecule has 2 rings (SSSR count). The second kappa shape index (κ2) is 5.31. The van der Waals surface area contributed by atoms with Crippen molar-refractivity contribution in [3.63, 3.8) is 0 Å². The van der Waals surface area contributed by atoms with Crippen molar-refractivity contribution < 1.29 is 13.2 Å². The maximum Gasteiger partial charge on any atom is 0.285 e. The Morgan fingerprint density at radius 3 is 2.55 bits per heavy atom. The predicted molar refractivity (Wildman–Crippen MR) is 78.7 cm³/mol. The average molecular weight is 330 g/mol. The number of nitrogen functional groups attached to an aromatic ring is 1. The lowest BCUT2D eigenvalue weighted by atomic mass is 10.3. The third kappa shape index (κ3) is 2.86. The highest BCUT2D eigenvalue weighted by Crippen LogP contribution is 2.21. The molecule has 1 heterocycles. The summed E-state index contributed by atoms with van der Waals surface area (Å²) in [5.41, 5.74) is 5.96. The summed E-state index contributed by atoms with van der Waals surface area (Å²) in [5.74, 6) is -0.356. The number of nitrogens with two attached hydrogens (primary N) is 1. The monoisotopic (exact) mass is 330 g/mol. The van der Waals surface area contributed by atoms with E-state index < -0.39 is 10.0 Å². The van der Waals surface area contributed by atoms with E-state index in [2.05, 4.69) is 10.4 Å². The average Bonchev–Trinajstić information content (AvgIpc) is 2.70. The van der Waals surface area contributed by atoms with Gasteiger partial charge < -0.3 is 11.1 Å². The second-order valence-corrected chi connectivity index (χ2v) is 7.16. The molecule has 0 aliphatic carbocycles. The van der Waals surface area contributed by atoms with E-state index >= 15 is 0 Å².